The van der Waals surface area contributed by atoms with E-state index < -0.39 is 0 Å². The van der Waals surface area contributed by atoms with Crippen LogP contribution in [0.2, 0.25) is 0 Å². The molecule has 1 heterocycles. The van der Waals surface area contributed by atoms with Crippen LogP contribution in [0.25, 0.3) is 0 Å². The molecular formula is C14H21N3S. The molecule has 4 heteroatoms. The summed E-state index contributed by atoms with van der Waals surface area (Å²) in [6.07, 6.45) is 3.70. The third kappa shape index (κ3) is 4.26. The van der Waals surface area contributed by atoms with Crippen molar-refractivity contribution in [1.82, 2.24) is 10.6 Å². The van der Waals surface area contributed by atoms with Crippen molar-refractivity contribution < 1.29 is 0 Å². The van der Waals surface area contributed by atoms with Gasteiger partial charge in [0.2, 0.25) is 0 Å². The van der Waals surface area contributed by atoms with Gasteiger partial charge in [-0.3, -0.25) is 0 Å². The second-order valence-electron chi connectivity index (χ2n) is 4.36. The normalized spacial score (nSPS) is 14.8. The average molecular weight is 263 g/mol. The minimum atomic E-state index is 0.896. The lowest BCUT2D eigenvalue weighted by Crippen LogP contribution is -2.43. The van der Waals surface area contributed by atoms with Crippen molar-refractivity contribution in [2.75, 3.05) is 18.8 Å². The van der Waals surface area contributed by atoms with Crippen molar-refractivity contribution in [2.45, 2.75) is 31.1 Å². The van der Waals surface area contributed by atoms with Crippen molar-refractivity contribution in [3.05, 3.63) is 24.3 Å². The van der Waals surface area contributed by atoms with E-state index in [0.29, 0.717) is 0 Å². The van der Waals surface area contributed by atoms with E-state index in [2.05, 4.69) is 46.8 Å². The van der Waals surface area contributed by atoms with Crippen LogP contribution >= 0.6 is 11.8 Å². The molecule has 2 N–H and O–H groups in total. The number of guanidine groups is 1. The minimum absolute atomic E-state index is 0.896. The summed E-state index contributed by atoms with van der Waals surface area (Å²) in [5.74, 6) is 2.10. The second kappa shape index (κ2) is 7.31. The highest BCUT2D eigenvalue weighted by atomic mass is 32.2. The predicted molar refractivity (Wildman–Crippen MR) is 79.8 cm³/mol. The Bertz CT molecular complexity index is 379. The van der Waals surface area contributed by atoms with Gasteiger partial charge in [0.15, 0.2) is 5.96 Å². The molecule has 1 fully saturated rings. The van der Waals surface area contributed by atoms with E-state index in [1.54, 1.807) is 0 Å². The van der Waals surface area contributed by atoms with Gasteiger partial charge in [0.25, 0.3) is 0 Å². The van der Waals surface area contributed by atoms with Gasteiger partial charge in [0, 0.05) is 18.0 Å². The highest BCUT2D eigenvalue weighted by Crippen LogP contribution is 2.22. The predicted octanol–water partition coefficient (Wildman–Crippen LogP) is 3.15. The highest BCUT2D eigenvalue weighted by molar-refractivity contribution is 7.99. The summed E-state index contributed by atoms with van der Waals surface area (Å²) in [5.41, 5.74) is 1.01. The van der Waals surface area contributed by atoms with Crippen molar-refractivity contribution >= 4 is 23.4 Å². The zero-order chi connectivity index (χ0) is 12.6. The maximum Gasteiger partial charge on any atom is 0.196 e. The molecule has 0 aromatic heterocycles. The number of thioether (sulfide) groups is 1. The van der Waals surface area contributed by atoms with Gasteiger partial charge in [-0.25, -0.2) is 4.99 Å². The van der Waals surface area contributed by atoms with Gasteiger partial charge in [-0.05, 0) is 42.9 Å². The maximum atomic E-state index is 4.54. The van der Waals surface area contributed by atoms with Crippen LogP contribution in [0.4, 0.5) is 5.69 Å². The fourth-order valence-electron chi connectivity index (χ4n) is 1.72. The van der Waals surface area contributed by atoms with E-state index in [1.807, 2.05) is 11.8 Å². The Morgan fingerprint density at radius 1 is 1.17 bits per heavy atom. The monoisotopic (exact) mass is 263 g/mol. The molecule has 0 radical (unpaired) electrons. The maximum absolute atomic E-state index is 4.54. The molecule has 1 aliphatic heterocycles. The van der Waals surface area contributed by atoms with Gasteiger partial charge in [-0.1, -0.05) is 13.3 Å². The molecule has 0 bridgehead atoms. The highest BCUT2D eigenvalue weighted by Gasteiger charge is 2.03. The first-order valence-electron chi connectivity index (χ1n) is 6.68. The molecule has 0 saturated carbocycles. The number of hydrogen-bond donors (Lipinski definition) is 2. The van der Waals surface area contributed by atoms with Crippen LogP contribution in [0.1, 0.15) is 26.2 Å². The van der Waals surface area contributed by atoms with Crippen LogP contribution in [0.3, 0.4) is 0 Å². The van der Waals surface area contributed by atoms with Crippen LogP contribution in [-0.2, 0) is 0 Å². The van der Waals surface area contributed by atoms with Crippen molar-refractivity contribution in [3.63, 3.8) is 0 Å². The first-order chi connectivity index (χ1) is 8.88. The van der Waals surface area contributed by atoms with Crippen molar-refractivity contribution in [1.29, 1.82) is 0 Å². The molecule has 0 spiro atoms. The SMILES string of the molecule is CCCCSc1ccc(N=C2NCCCN2)cc1. The van der Waals surface area contributed by atoms with Gasteiger partial charge in [0.1, 0.15) is 0 Å². The number of benzene rings is 1. The Hall–Kier alpha value is -1.16. The van der Waals surface area contributed by atoms with Crippen molar-refractivity contribution in [3.8, 4) is 0 Å². The summed E-state index contributed by atoms with van der Waals surface area (Å²) in [7, 11) is 0. The number of unbranched alkanes of at least 4 members (excludes halogenated alkanes) is 1. The number of nitrogens with zero attached hydrogens (tertiary/aromatic N) is 1. The van der Waals surface area contributed by atoms with Gasteiger partial charge in [-0.2, -0.15) is 0 Å². The molecule has 0 atom stereocenters. The van der Waals surface area contributed by atoms with E-state index in [1.165, 1.54) is 23.5 Å². The van der Waals surface area contributed by atoms with Crippen LogP contribution < -0.4 is 10.6 Å². The number of aliphatic imine (C=N–C) groups is 1. The molecule has 0 aliphatic carbocycles. The van der Waals surface area contributed by atoms with E-state index >= 15 is 0 Å². The molecule has 0 unspecified atom stereocenters. The molecule has 2 rings (SSSR count). The first kappa shape index (κ1) is 13.3. The standard InChI is InChI=1S/C14H21N3S/c1-2-3-11-18-13-7-5-12(6-8-13)17-14-15-9-4-10-16-14/h5-8H,2-4,9-11H2,1H3,(H2,15,16,17). The fraction of sp³-hybridized carbons (Fsp3) is 0.500. The molecule has 0 amide bonds. The summed E-state index contributed by atoms with van der Waals surface area (Å²) in [4.78, 5) is 5.87. The van der Waals surface area contributed by atoms with Gasteiger partial charge in [-0.15, -0.1) is 11.8 Å². The van der Waals surface area contributed by atoms with E-state index in [4.69, 9.17) is 0 Å². The average Bonchev–Trinajstić information content (AvgIpc) is 2.42. The van der Waals surface area contributed by atoms with Gasteiger partial charge in [0.05, 0.1) is 5.69 Å². The first-order valence-corrected chi connectivity index (χ1v) is 7.66. The van der Waals surface area contributed by atoms with Crippen LogP contribution in [0.5, 0.6) is 0 Å². The summed E-state index contributed by atoms with van der Waals surface area (Å²) in [5, 5.41) is 6.52. The lowest BCUT2D eigenvalue weighted by atomic mass is 10.3. The third-order valence-electron chi connectivity index (χ3n) is 2.78. The Kier molecular flexibility index (Phi) is 5.39. The molecule has 98 valence electrons. The van der Waals surface area contributed by atoms with Crippen LogP contribution in [0.15, 0.2) is 34.2 Å². The zero-order valence-electron chi connectivity index (χ0n) is 10.9. The smallest absolute Gasteiger partial charge is 0.196 e. The van der Waals surface area contributed by atoms with Crippen molar-refractivity contribution in [2.24, 2.45) is 4.99 Å². The van der Waals surface area contributed by atoms with Gasteiger partial charge >= 0.3 is 0 Å². The zero-order valence-corrected chi connectivity index (χ0v) is 11.7. The summed E-state index contributed by atoms with van der Waals surface area (Å²) >= 11 is 1.92. The summed E-state index contributed by atoms with van der Waals surface area (Å²) < 4.78 is 0. The molecule has 1 aromatic rings. The third-order valence-corrected chi connectivity index (χ3v) is 3.88. The quantitative estimate of drug-likeness (QED) is 0.633. The molecule has 1 aromatic carbocycles. The van der Waals surface area contributed by atoms with Crippen LogP contribution in [0, 0.1) is 0 Å². The largest absolute Gasteiger partial charge is 0.356 e. The topological polar surface area (TPSA) is 36.4 Å². The number of rotatable bonds is 5. The van der Waals surface area contributed by atoms with Gasteiger partial charge < -0.3 is 10.6 Å². The minimum Gasteiger partial charge on any atom is -0.356 e. The molecule has 18 heavy (non-hydrogen) atoms. The molecule has 1 saturated heterocycles. The lowest BCUT2D eigenvalue weighted by Gasteiger charge is -2.17. The van der Waals surface area contributed by atoms with E-state index in [9.17, 15) is 0 Å². The van der Waals surface area contributed by atoms with E-state index in [0.717, 1.165) is 31.2 Å². The molecular weight excluding hydrogens is 242 g/mol. The fourth-order valence-corrected chi connectivity index (χ4v) is 2.72. The van der Waals surface area contributed by atoms with Crippen LogP contribution in [-0.4, -0.2) is 24.8 Å². The molecule has 1 aliphatic rings. The van der Waals surface area contributed by atoms with E-state index in [-0.39, 0.29) is 0 Å². The summed E-state index contributed by atoms with van der Waals surface area (Å²) in [6.45, 7) is 4.25. The molecule has 3 nitrogen and oxygen atoms in total. The summed E-state index contributed by atoms with van der Waals surface area (Å²) in [6, 6.07) is 8.48. The number of nitrogens with one attached hydrogen (secondary N) is 2. The second-order valence-corrected chi connectivity index (χ2v) is 5.53. The Morgan fingerprint density at radius 2 is 1.89 bits per heavy atom. The Morgan fingerprint density at radius 3 is 2.56 bits per heavy atom. The number of hydrogen-bond acceptors (Lipinski definition) is 2. The lowest BCUT2D eigenvalue weighted by molar-refractivity contribution is 0.668. The Balaban J connectivity index is 1.90. The Labute approximate surface area is 113 Å².